The van der Waals surface area contributed by atoms with Gasteiger partial charge in [0.15, 0.2) is 0 Å². The summed E-state index contributed by atoms with van der Waals surface area (Å²) in [5, 5.41) is 28.1. The second-order valence-corrected chi connectivity index (χ2v) is 10.0. The van der Waals surface area contributed by atoms with Gasteiger partial charge in [-0.1, -0.05) is 44.0 Å². The van der Waals surface area contributed by atoms with Gasteiger partial charge in [-0.2, -0.15) is 26.3 Å². The summed E-state index contributed by atoms with van der Waals surface area (Å²) in [7, 11) is 0. The van der Waals surface area contributed by atoms with E-state index in [1.807, 2.05) is 38.8 Å². The molecule has 0 fully saturated rings. The monoisotopic (exact) mass is 588 g/mol. The third kappa shape index (κ3) is 7.74. The number of aliphatic hydroxyl groups excluding tert-OH is 1. The van der Waals surface area contributed by atoms with Crippen molar-refractivity contribution in [3.8, 4) is 17.6 Å². The van der Waals surface area contributed by atoms with Crippen LogP contribution in [0, 0.1) is 25.7 Å². The highest BCUT2D eigenvalue weighted by atomic mass is 19.4. The molecule has 1 atom stereocenters. The zero-order valence-corrected chi connectivity index (χ0v) is 23.2. The van der Waals surface area contributed by atoms with Gasteiger partial charge in [-0.05, 0) is 79.8 Å². The summed E-state index contributed by atoms with van der Waals surface area (Å²) in [6.45, 7) is 7.27. The number of ether oxygens (including phenoxy) is 1. The van der Waals surface area contributed by atoms with Gasteiger partial charge in [0, 0.05) is 17.4 Å². The summed E-state index contributed by atoms with van der Waals surface area (Å²) in [6.07, 6.45) is -11.1. The second kappa shape index (κ2) is 13.2. The van der Waals surface area contributed by atoms with E-state index in [0.717, 1.165) is 22.6 Å². The number of aliphatic hydroxyl groups is 2. The van der Waals surface area contributed by atoms with Gasteiger partial charge in [-0.3, -0.25) is 4.79 Å². The van der Waals surface area contributed by atoms with Crippen molar-refractivity contribution in [2.24, 2.45) is 0 Å². The molecule has 0 bridgehead atoms. The molecule has 0 saturated heterocycles. The molecular weight excluding hydrogens is 554 g/mol. The lowest BCUT2D eigenvalue weighted by atomic mass is 9.70. The molecule has 0 heterocycles. The Hall–Kier alpha value is -3.23. The van der Waals surface area contributed by atoms with E-state index in [1.165, 1.54) is 13.0 Å². The SMILES string of the molecule is CCC(CC)(c1ccc(C#CC(O)(C(F)(F)F)C(F)(F)F)c(C)c1)c1ccc(OC[C@H](O)CCCC(=O)O)c(C)c1. The minimum absolute atomic E-state index is 0.00794. The van der Waals surface area contributed by atoms with E-state index >= 15 is 0 Å². The fraction of sp³-hybridized carbons (Fsp3) is 0.500. The lowest BCUT2D eigenvalue weighted by molar-refractivity contribution is -0.343. The Labute approximate surface area is 235 Å². The van der Waals surface area contributed by atoms with Crippen molar-refractivity contribution < 1.29 is 51.2 Å². The summed E-state index contributed by atoms with van der Waals surface area (Å²) >= 11 is 0. The van der Waals surface area contributed by atoms with Crippen molar-refractivity contribution in [2.45, 2.75) is 89.3 Å². The first-order chi connectivity index (χ1) is 18.9. The van der Waals surface area contributed by atoms with E-state index in [9.17, 15) is 41.4 Å². The normalized spacial score (nSPS) is 13.4. The van der Waals surface area contributed by atoms with Gasteiger partial charge in [0.05, 0.1) is 6.10 Å². The number of carboxylic acid groups (broad SMARTS) is 1. The predicted octanol–water partition coefficient (Wildman–Crippen LogP) is 6.61. The Morgan fingerprint density at radius 2 is 1.46 bits per heavy atom. The van der Waals surface area contributed by atoms with Gasteiger partial charge in [0.25, 0.3) is 0 Å². The van der Waals surface area contributed by atoms with Crippen LogP contribution < -0.4 is 4.74 Å². The van der Waals surface area contributed by atoms with Crippen LogP contribution in [0.3, 0.4) is 0 Å². The number of benzene rings is 2. The summed E-state index contributed by atoms with van der Waals surface area (Å²) in [6, 6.07) is 10.2. The van der Waals surface area contributed by atoms with E-state index in [2.05, 4.69) is 0 Å². The first-order valence-electron chi connectivity index (χ1n) is 13.1. The van der Waals surface area contributed by atoms with Crippen molar-refractivity contribution in [1.29, 1.82) is 0 Å². The van der Waals surface area contributed by atoms with E-state index in [0.29, 0.717) is 30.6 Å². The molecule has 0 spiro atoms. The molecule has 2 aromatic rings. The van der Waals surface area contributed by atoms with Crippen LogP contribution >= 0.6 is 0 Å². The molecule has 5 nitrogen and oxygen atoms in total. The first-order valence-corrected chi connectivity index (χ1v) is 13.1. The number of halogens is 6. The Bertz CT molecular complexity index is 1250. The summed E-state index contributed by atoms with van der Waals surface area (Å²) < 4.78 is 83.8. The molecule has 11 heteroatoms. The van der Waals surface area contributed by atoms with Gasteiger partial charge in [0.2, 0.25) is 0 Å². The molecule has 0 aliphatic rings. The number of alkyl halides is 6. The smallest absolute Gasteiger partial charge is 0.438 e. The number of aliphatic carboxylic acids is 1. The number of hydrogen-bond donors (Lipinski definition) is 3. The average Bonchev–Trinajstić information content (AvgIpc) is 2.87. The number of aryl methyl sites for hydroxylation is 2. The van der Waals surface area contributed by atoms with Gasteiger partial charge in [-0.25, -0.2) is 0 Å². The summed E-state index contributed by atoms with van der Waals surface area (Å²) in [4.78, 5) is 10.6. The molecule has 0 saturated carbocycles. The molecule has 0 unspecified atom stereocenters. The Morgan fingerprint density at radius 1 is 0.927 bits per heavy atom. The maximum Gasteiger partial charge on any atom is 0.438 e. The van der Waals surface area contributed by atoms with Crippen molar-refractivity contribution in [2.75, 3.05) is 6.61 Å². The zero-order valence-electron chi connectivity index (χ0n) is 23.2. The van der Waals surface area contributed by atoms with Crippen LogP contribution in [0.2, 0.25) is 0 Å². The lowest BCUT2D eigenvalue weighted by Crippen LogP contribution is -2.55. The third-order valence-corrected chi connectivity index (χ3v) is 7.27. The topological polar surface area (TPSA) is 87.0 Å². The van der Waals surface area contributed by atoms with Crippen LogP contribution in [-0.4, -0.2) is 52.0 Å². The van der Waals surface area contributed by atoms with Crippen molar-refractivity contribution in [1.82, 2.24) is 0 Å². The maximum atomic E-state index is 13.0. The third-order valence-electron chi connectivity index (χ3n) is 7.27. The molecule has 226 valence electrons. The molecule has 41 heavy (non-hydrogen) atoms. The molecular formula is C30H34F6O5. The first kappa shape index (κ1) is 34.0. The minimum atomic E-state index is -6.03. The van der Waals surface area contributed by atoms with Gasteiger partial charge < -0.3 is 20.1 Å². The van der Waals surface area contributed by atoms with Crippen LogP contribution in [0.15, 0.2) is 36.4 Å². The van der Waals surface area contributed by atoms with Crippen LogP contribution in [0.5, 0.6) is 5.75 Å². The standard InChI is InChI=1S/C30H34F6O5/c1-5-27(6-2,23-12-13-25(20(4)17-23)41-18-24(37)8-7-9-26(38)39)22-11-10-21(19(3)16-22)14-15-28(40,29(31,32)33)30(34,35)36/h10-13,16-17,24,37,40H,5-9,18H2,1-4H3,(H,38,39)/t24-/m1/s1. The molecule has 0 radical (unpaired) electrons. The van der Waals surface area contributed by atoms with Gasteiger partial charge in [0.1, 0.15) is 12.4 Å². The summed E-state index contributed by atoms with van der Waals surface area (Å²) in [5.74, 6) is 2.47. The highest BCUT2D eigenvalue weighted by Crippen LogP contribution is 2.43. The number of carboxylic acids is 1. The molecule has 2 rings (SSSR count). The number of carbonyl (C=O) groups is 1. The zero-order chi connectivity index (χ0) is 31.2. The van der Waals surface area contributed by atoms with Crippen molar-refractivity contribution >= 4 is 5.97 Å². The number of hydrogen-bond acceptors (Lipinski definition) is 4. The van der Waals surface area contributed by atoms with Gasteiger partial charge in [-0.15, -0.1) is 0 Å². The van der Waals surface area contributed by atoms with Crippen molar-refractivity contribution in [3.05, 3.63) is 64.2 Å². The van der Waals surface area contributed by atoms with Crippen LogP contribution in [0.4, 0.5) is 26.3 Å². The molecule has 3 N–H and O–H groups in total. The Kier molecular flexibility index (Phi) is 10.9. The van der Waals surface area contributed by atoms with Crippen LogP contribution in [-0.2, 0) is 10.2 Å². The van der Waals surface area contributed by atoms with Crippen LogP contribution in [0.1, 0.15) is 73.8 Å². The van der Waals surface area contributed by atoms with Gasteiger partial charge >= 0.3 is 23.9 Å². The van der Waals surface area contributed by atoms with E-state index < -0.39 is 35.4 Å². The molecule has 2 aromatic carbocycles. The molecule has 0 aliphatic carbocycles. The second-order valence-electron chi connectivity index (χ2n) is 10.0. The van der Waals surface area contributed by atoms with E-state index in [1.54, 1.807) is 18.2 Å². The van der Waals surface area contributed by atoms with Crippen molar-refractivity contribution in [3.63, 3.8) is 0 Å². The minimum Gasteiger partial charge on any atom is -0.491 e. The number of rotatable bonds is 11. The van der Waals surface area contributed by atoms with E-state index in [4.69, 9.17) is 9.84 Å². The lowest BCUT2D eigenvalue weighted by Gasteiger charge is -2.34. The largest absolute Gasteiger partial charge is 0.491 e. The fourth-order valence-corrected chi connectivity index (χ4v) is 4.66. The average molecular weight is 589 g/mol. The molecule has 0 aromatic heterocycles. The molecule has 0 aliphatic heterocycles. The highest BCUT2D eigenvalue weighted by molar-refractivity contribution is 5.66. The Morgan fingerprint density at radius 3 is 1.93 bits per heavy atom. The Balaban J connectivity index is 2.36. The summed E-state index contributed by atoms with van der Waals surface area (Å²) in [5.41, 5.74) is -2.95. The maximum absolute atomic E-state index is 13.0. The highest BCUT2D eigenvalue weighted by Gasteiger charge is 2.70. The fourth-order valence-electron chi connectivity index (χ4n) is 4.66. The van der Waals surface area contributed by atoms with Crippen LogP contribution in [0.25, 0.3) is 0 Å². The molecule has 0 amide bonds. The predicted molar refractivity (Wildman–Crippen MR) is 141 cm³/mol. The van der Waals surface area contributed by atoms with E-state index in [-0.39, 0.29) is 25.0 Å². The quantitative estimate of drug-likeness (QED) is 0.203.